The first kappa shape index (κ1) is 59.5. The van der Waals surface area contributed by atoms with Gasteiger partial charge in [-0.25, -0.2) is 0 Å². The second kappa shape index (κ2) is 41.4. The number of halogens is 4. The van der Waals surface area contributed by atoms with Crippen molar-refractivity contribution >= 4 is 61.4 Å². The Bertz CT molecular complexity index is 896. The summed E-state index contributed by atoms with van der Waals surface area (Å²) in [6.45, 7) is 9.48. The lowest BCUT2D eigenvalue weighted by Crippen LogP contribution is -2.45. The zero-order chi connectivity index (χ0) is 36.7. The van der Waals surface area contributed by atoms with Crippen molar-refractivity contribution in [2.24, 2.45) is 22.9 Å². The summed E-state index contributed by atoms with van der Waals surface area (Å²) in [7, 11) is 0. The summed E-state index contributed by atoms with van der Waals surface area (Å²) in [5.41, 5.74) is 23.8. The third-order valence-electron chi connectivity index (χ3n) is 9.27. The number of nitrogens with zero attached hydrogens (tertiary/aromatic N) is 2. The lowest BCUT2D eigenvalue weighted by molar-refractivity contribution is -0.133. The number of nitrogens with two attached hydrogens (primary N) is 4. The van der Waals surface area contributed by atoms with Crippen LogP contribution in [0, 0.1) is 0 Å². The van der Waals surface area contributed by atoms with Gasteiger partial charge in [0.05, 0.1) is 25.3 Å². The molecule has 0 heterocycles. The van der Waals surface area contributed by atoms with Gasteiger partial charge in [0.1, 0.15) is 11.5 Å². The molecule has 14 heteroatoms. The summed E-state index contributed by atoms with van der Waals surface area (Å²) in [5, 5.41) is 0. The van der Waals surface area contributed by atoms with E-state index in [1.807, 2.05) is 34.1 Å². The largest absolute Gasteiger partial charge is 0.494 e. The fourth-order valence-corrected chi connectivity index (χ4v) is 6.09. The number of hydrogen-bond donors (Lipinski definition) is 4. The molecule has 322 valence electrons. The first-order valence-corrected chi connectivity index (χ1v) is 20.2. The van der Waals surface area contributed by atoms with E-state index in [-0.39, 0.29) is 61.4 Å². The SMILES string of the molecule is CCCCCCCCN(CCCOc1ccc(OCCCN(CCCCCCCC)C(=O)[C@@H](N)CCCCN)cc1)C(=O)[C@@H](N)CCCCN.Cl.Cl.Cl.Cl. The first-order chi connectivity index (χ1) is 24.4. The van der Waals surface area contributed by atoms with Crippen LogP contribution in [0.25, 0.3) is 0 Å². The van der Waals surface area contributed by atoms with Crippen LogP contribution in [0.4, 0.5) is 0 Å². The molecular weight excluding hydrogens is 770 g/mol. The Morgan fingerprint density at radius 2 is 0.815 bits per heavy atom. The number of carbonyl (C=O) groups is 2. The maximum atomic E-state index is 13.1. The fraction of sp³-hybridized carbons (Fsp3) is 0.800. The molecule has 10 nitrogen and oxygen atoms in total. The van der Waals surface area contributed by atoms with Gasteiger partial charge >= 0.3 is 0 Å². The molecule has 0 saturated heterocycles. The highest BCUT2D eigenvalue weighted by atomic mass is 35.5. The van der Waals surface area contributed by atoms with Gasteiger partial charge in [-0.3, -0.25) is 9.59 Å². The summed E-state index contributed by atoms with van der Waals surface area (Å²) in [5.74, 6) is 1.61. The topological polar surface area (TPSA) is 163 Å². The van der Waals surface area contributed by atoms with Crippen molar-refractivity contribution in [3.63, 3.8) is 0 Å². The van der Waals surface area contributed by atoms with Crippen molar-refractivity contribution < 1.29 is 19.1 Å². The molecule has 0 unspecified atom stereocenters. The van der Waals surface area contributed by atoms with Gasteiger partial charge in [-0.2, -0.15) is 0 Å². The monoisotopic (exact) mass is 848 g/mol. The molecule has 2 atom stereocenters. The molecule has 2 amide bonds. The van der Waals surface area contributed by atoms with E-state index in [4.69, 9.17) is 32.4 Å². The van der Waals surface area contributed by atoms with E-state index in [0.717, 1.165) is 88.8 Å². The third kappa shape index (κ3) is 30.0. The highest BCUT2D eigenvalue weighted by Gasteiger charge is 2.21. The van der Waals surface area contributed by atoms with Gasteiger partial charge in [0.2, 0.25) is 11.8 Å². The first-order valence-electron chi connectivity index (χ1n) is 20.2. The molecule has 0 radical (unpaired) electrons. The van der Waals surface area contributed by atoms with Crippen molar-refractivity contribution in [2.45, 2.75) is 154 Å². The normalized spacial score (nSPS) is 11.5. The number of ether oxygens (including phenoxy) is 2. The summed E-state index contributed by atoms with van der Waals surface area (Å²) in [6.07, 6.45) is 20.6. The van der Waals surface area contributed by atoms with Crippen LogP contribution in [0.1, 0.15) is 142 Å². The van der Waals surface area contributed by atoms with Crippen molar-refractivity contribution in [2.75, 3.05) is 52.5 Å². The third-order valence-corrected chi connectivity index (χ3v) is 9.27. The molecule has 0 bridgehead atoms. The minimum atomic E-state index is -0.469. The Morgan fingerprint density at radius 1 is 0.500 bits per heavy atom. The van der Waals surface area contributed by atoms with Crippen LogP contribution in [-0.4, -0.2) is 86.2 Å². The lowest BCUT2D eigenvalue weighted by atomic mass is 10.1. The van der Waals surface area contributed by atoms with Crippen LogP contribution in [0.2, 0.25) is 0 Å². The van der Waals surface area contributed by atoms with E-state index in [1.54, 1.807) is 0 Å². The van der Waals surface area contributed by atoms with Gasteiger partial charge in [-0.1, -0.05) is 90.9 Å². The van der Waals surface area contributed by atoms with Crippen LogP contribution in [0.5, 0.6) is 11.5 Å². The van der Waals surface area contributed by atoms with Crippen LogP contribution >= 0.6 is 49.6 Å². The van der Waals surface area contributed by atoms with Crippen molar-refractivity contribution in [3.8, 4) is 11.5 Å². The van der Waals surface area contributed by atoms with Gasteiger partial charge in [0.15, 0.2) is 0 Å². The Kier molecular flexibility index (Phi) is 45.6. The van der Waals surface area contributed by atoms with E-state index in [0.29, 0.717) is 52.2 Å². The highest BCUT2D eigenvalue weighted by Crippen LogP contribution is 2.19. The van der Waals surface area contributed by atoms with E-state index in [2.05, 4.69) is 13.8 Å². The summed E-state index contributed by atoms with van der Waals surface area (Å²) < 4.78 is 12.0. The molecule has 0 aromatic heterocycles. The molecule has 0 aliphatic heterocycles. The summed E-state index contributed by atoms with van der Waals surface area (Å²) >= 11 is 0. The second-order valence-electron chi connectivity index (χ2n) is 13.8. The van der Waals surface area contributed by atoms with Crippen LogP contribution in [0.3, 0.4) is 0 Å². The number of benzene rings is 1. The zero-order valence-electron chi connectivity index (χ0n) is 33.7. The predicted octanol–water partition coefficient (Wildman–Crippen LogP) is 8.20. The second-order valence-corrected chi connectivity index (χ2v) is 13.8. The molecule has 1 aromatic carbocycles. The number of hydrogen-bond acceptors (Lipinski definition) is 8. The Balaban J connectivity index is -0.00000312. The molecule has 0 fully saturated rings. The van der Waals surface area contributed by atoms with Gasteiger partial charge in [0, 0.05) is 26.2 Å². The Hall–Kier alpha value is -1.24. The highest BCUT2D eigenvalue weighted by molar-refractivity contribution is 5.86. The minimum absolute atomic E-state index is 0. The molecule has 54 heavy (non-hydrogen) atoms. The minimum Gasteiger partial charge on any atom is -0.494 e. The summed E-state index contributed by atoms with van der Waals surface area (Å²) in [4.78, 5) is 30.1. The maximum absolute atomic E-state index is 13.1. The number of unbranched alkanes of at least 4 members (excludes halogenated alkanes) is 12. The predicted molar refractivity (Wildman–Crippen MR) is 237 cm³/mol. The van der Waals surface area contributed by atoms with Crippen LogP contribution in [0.15, 0.2) is 24.3 Å². The molecule has 8 N–H and O–H groups in total. The molecule has 0 aliphatic carbocycles. The Labute approximate surface area is 354 Å². The standard InChI is InChI=1S/C40H76N6O4.4ClH/c1-3-5-7-9-11-17-29-45(39(47)37(43)21-13-15-27-41)31-19-33-49-35-23-25-36(26-24-35)50-34-20-32-46(30-18-12-10-8-6-4-2)40(48)38(44)22-14-16-28-42;;;;/h23-26,37-38H,3-22,27-34,41-44H2,1-2H3;4*1H/t37-,38-;;;;/m0..../s1. The van der Waals surface area contributed by atoms with Crippen LogP contribution < -0.4 is 32.4 Å². The van der Waals surface area contributed by atoms with Crippen molar-refractivity contribution in [1.82, 2.24) is 9.80 Å². The van der Waals surface area contributed by atoms with E-state index >= 15 is 0 Å². The molecule has 1 rings (SSSR count). The molecule has 1 aromatic rings. The zero-order valence-corrected chi connectivity index (χ0v) is 37.0. The molecular formula is C40H80Cl4N6O4. The van der Waals surface area contributed by atoms with Gasteiger partial charge in [-0.05, 0) is 88.7 Å². The molecule has 0 aliphatic rings. The van der Waals surface area contributed by atoms with E-state index in [9.17, 15) is 9.59 Å². The summed E-state index contributed by atoms with van der Waals surface area (Å²) in [6, 6.07) is 6.71. The van der Waals surface area contributed by atoms with Crippen LogP contribution in [-0.2, 0) is 9.59 Å². The van der Waals surface area contributed by atoms with E-state index in [1.165, 1.54) is 51.4 Å². The quantitative estimate of drug-likeness (QED) is 0.0505. The number of amides is 2. The molecule has 0 spiro atoms. The fourth-order valence-electron chi connectivity index (χ4n) is 6.09. The Morgan fingerprint density at radius 3 is 1.15 bits per heavy atom. The lowest BCUT2D eigenvalue weighted by Gasteiger charge is -2.26. The molecule has 0 saturated carbocycles. The average molecular weight is 851 g/mol. The van der Waals surface area contributed by atoms with Gasteiger partial charge in [-0.15, -0.1) is 49.6 Å². The van der Waals surface area contributed by atoms with E-state index < -0.39 is 12.1 Å². The van der Waals surface area contributed by atoms with Gasteiger partial charge in [0.25, 0.3) is 0 Å². The smallest absolute Gasteiger partial charge is 0.239 e. The van der Waals surface area contributed by atoms with Gasteiger partial charge < -0.3 is 42.2 Å². The number of rotatable bonds is 34. The maximum Gasteiger partial charge on any atom is 0.239 e. The van der Waals surface area contributed by atoms with Crippen molar-refractivity contribution in [1.29, 1.82) is 0 Å². The average Bonchev–Trinajstić information content (AvgIpc) is 3.12. The van der Waals surface area contributed by atoms with Crippen molar-refractivity contribution in [3.05, 3.63) is 24.3 Å². The number of carbonyl (C=O) groups excluding carboxylic acids is 2.